The molecule has 3 amide bonds. The minimum absolute atomic E-state index is 0.0215. The number of imide groups is 1. The number of nitrogens with two attached hydrogens (primary N) is 1. The number of likely N-dealkylation sites (tertiary alicyclic amines) is 1. The number of alkyl halides is 6. The van der Waals surface area contributed by atoms with Crippen LogP contribution in [-0.2, 0) is 26.1 Å². The van der Waals surface area contributed by atoms with Crippen LogP contribution in [0.25, 0.3) is 16.6 Å². The van der Waals surface area contributed by atoms with E-state index in [2.05, 4.69) is 47.7 Å². The van der Waals surface area contributed by atoms with Crippen molar-refractivity contribution in [2.75, 3.05) is 56.2 Å². The molecule has 3 saturated heterocycles. The highest BCUT2D eigenvalue weighted by Gasteiger charge is 2.58. The molecule has 17 nitrogen and oxygen atoms in total. The Kier molecular flexibility index (Phi) is 12.7. The van der Waals surface area contributed by atoms with Gasteiger partial charge in [-0.3, -0.25) is 39.7 Å². The van der Waals surface area contributed by atoms with Crippen LogP contribution in [0.15, 0.2) is 42.9 Å². The summed E-state index contributed by atoms with van der Waals surface area (Å²) >= 11 is 0. The fourth-order valence-corrected chi connectivity index (χ4v) is 9.64. The maximum atomic E-state index is 15.5. The molecule has 356 valence electrons. The molecule has 5 aromatic rings. The van der Waals surface area contributed by atoms with Crippen molar-refractivity contribution in [3.63, 3.8) is 0 Å². The quantitative estimate of drug-likeness (QED) is 0.0988. The maximum absolute atomic E-state index is 15.5. The maximum Gasteiger partial charge on any atom is 0.427 e. The highest BCUT2D eigenvalue weighted by Crippen LogP contribution is 2.38. The number of para-hydroxylation sites is 1. The molecule has 0 bridgehead atoms. The minimum Gasteiger partial charge on any atom is -0.375 e. The van der Waals surface area contributed by atoms with Crippen molar-refractivity contribution < 1.29 is 50.2 Å². The molecular formula is C44H48F6N12O5. The fraction of sp³-hybridized carbons (Fsp3) is 0.523. The molecule has 1 saturated carbocycles. The summed E-state index contributed by atoms with van der Waals surface area (Å²) in [6.45, 7) is 0.417. The molecule has 7 heterocycles. The van der Waals surface area contributed by atoms with E-state index in [4.69, 9.17) is 15.2 Å². The molecular weight excluding hydrogens is 891 g/mol. The third-order valence-electron chi connectivity index (χ3n) is 13.2. The lowest BCUT2D eigenvalue weighted by molar-refractivity contribution is -0.208. The summed E-state index contributed by atoms with van der Waals surface area (Å²) in [5, 5.41) is 18.5. The number of hydrogen-bond acceptors (Lipinski definition) is 12. The number of nitrogens with zero attached hydrogens (tertiary/aromatic N) is 9. The summed E-state index contributed by atoms with van der Waals surface area (Å²) in [7, 11) is 1.77. The molecule has 1 unspecified atom stereocenters. The normalized spacial score (nSPS) is 25.4. The number of halogens is 6. The van der Waals surface area contributed by atoms with E-state index in [1.807, 2.05) is 18.2 Å². The third-order valence-corrected chi connectivity index (χ3v) is 13.2. The van der Waals surface area contributed by atoms with Crippen LogP contribution in [0, 0.1) is 17.8 Å². The van der Waals surface area contributed by atoms with E-state index in [0.29, 0.717) is 50.0 Å². The molecule has 4 aromatic heterocycles. The van der Waals surface area contributed by atoms with Gasteiger partial charge in [0, 0.05) is 57.4 Å². The molecule has 67 heavy (non-hydrogen) atoms. The predicted molar refractivity (Wildman–Crippen MR) is 229 cm³/mol. The number of hydrogen-bond donors (Lipinski definition) is 3. The van der Waals surface area contributed by atoms with E-state index >= 15 is 4.39 Å². The van der Waals surface area contributed by atoms with Crippen molar-refractivity contribution in [1.82, 2.24) is 44.4 Å². The number of ether oxygens (including phenoxy) is 2. The first-order valence-electron chi connectivity index (χ1n) is 22.1. The second-order valence-electron chi connectivity index (χ2n) is 17.5. The molecule has 1 aromatic carbocycles. The van der Waals surface area contributed by atoms with Gasteiger partial charge < -0.3 is 19.7 Å². The van der Waals surface area contributed by atoms with Crippen LogP contribution in [0.1, 0.15) is 90.6 Å². The van der Waals surface area contributed by atoms with Crippen molar-refractivity contribution in [1.29, 1.82) is 0 Å². The number of piperidine rings is 2. The van der Waals surface area contributed by atoms with Crippen LogP contribution in [0.4, 0.5) is 37.8 Å². The van der Waals surface area contributed by atoms with E-state index < -0.39 is 54.7 Å². The zero-order valence-corrected chi connectivity index (χ0v) is 36.3. The van der Waals surface area contributed by atoms with E-state index in [9.17, 15) is 36.3 Å². The highest BCUT2D eigenvalue weighted by molar-refractivity contribution is 6.08. The molecule has 4 fully saturated rings. The fourth-order valence-electron chi connectivity index (χ4n) is 9.64. The Balaban J connectivity index is 0.769. The monoisotopic (exact) mass is 938 g/mol. The van der Waals surface area contributed by atoms with Gasteiger partial charge in [0.15, 0.2) is 11.3 Å². The topological polar surface area (TPSA) is 192 Å². The number of morpholine rings is 1. The molecule has 3 aliphatic heterocycles. The summed E-state index contributed by atoms with van der Waals surface area (Å²) in [4.78, 5) is 45.0. The van der Waals surface area contributed by atoms with Crippen molar-refractivity contribution >= 4 is 45.8 Å². The zero-order chi connectivity index (χ0) is 47.2. The van der Waals surface area contributed by atoms with Gasteiger partial charge >= 0.3 is 6.18 Å². The number of benzene rings is 1. The highest BCUT2D eigenvalue weighted by atomic mass is 19.4. The van der Waals surface area contributed by atoms with Gasteiger partial charge in [0.05, 0.1) is 59.9 Å². The Morgan fingerprint density at radius 2 is 1.91 bits per heavy atom. The summed E-state index contributed by atoms with van der Waals surface area (Å²) in [5.41, 5.74) is 3.79. The van der Waals surface area contributed by atoms with E-state index in [1.54, 1.807) is 11.7 Å². The molecule has 9 rings (SSSR count). The Bertz CT molecular complexity index is 2740. The van der Waals surface area contributed by atoms with Crippen LogP contribution in [-0.4, -0.2) is 127 Å². The molecule has 0 radical (unpaired) electrons. The number of aryl methyl sites for hydroxylation is 1. The van der Waals surface area contributed by atoms with Gasteiger partial charge in [-0.25, -0.2) is 22.7 Å². The largest absolute Gasteiger partial charge is 0.427 e. The van der Waals surface area contributed by atoms with Crippen LogP contribution in [0.5, 0.6) is 0 Å². The van der Waals surface area contributed by atoms with Gasteiger partial charge in [0.2, 0.25) is 17.5 Å². The number of rotatable bonds is 10. The standard InChI is InChI=1S/C44H48F6N12O5/c1-58-38-26(4-2-6-28(38)36(56-58)29-11-12-35(63)55-41(29)64)5-3-18-67-33-13-15-59(22-31(33)45)21-25-7-9-27(10-8-25)62-23-32(37(57-62)39(46)47)53-42(65)30-20-52-61-16-14-34(54-40(30)61)60-17-19-66-24-43(60,51)44(48,49)50/h2,4,6,14,16,20,23,25,27,29,31,33,39H,7-13,15,17-19,21-22,24,51H2,1H3,(H,53,65)(H,55,63,64)/t25?,27?,29?,31-,33+,43+/m1/s1. The summed E-state index contributed by atoms with van der Waals surface area (Å²) in [5.74, 6) is 4.13. The number of carbonyl (C=O) groups is 3. The van der Waals surface area contributed by atoms with Crippen LogP contribution in [0.3, 0.4) is 0 Å². The SMILES string of the molecule is Cn1nc(C2CCC(=O)NC2=O)c2cccc(C#CCO[C@H]3CCN(CC4CCC(n5cc(NC(=O)c6cnn7ccc(N8CCOC[C@@]8(N)C(F)(F)F)nc67)c(C(F)F)n5)CC4)C[C@H]3F)c21. The first-order chi connectivity index (χ1) is 32.1. The van der Waals surface area contributed by atoms with E-state index in [0.717, 1.165) is 34.8 Å². The Morgan fingerprint density at radius 1 is 1.10 bits per heavy atom. The molecule has 23 heteroatoms. The number of nitrogens with one attached hydrogen (secondary N) is 2. The van der Waals surface area contributed by atoms with E-state index in [1.165, 1.54) is 27.7 Å². The molecule has 4 aliphatic rings. The van der Waals surface area contributed by atoms with Crippen molar-refractivity contribution in [3.8, 4) is 11.8 Å². The lowest BCUT2D eigenvalue weighted by atomic mass is 9.85. The molecule has 1 aliphatic carbocycles. The molecule has 0 spiro atoms. The van der Waals surface area contributed by atoms with E-state index in [-0.39, 0.29) is 79.2 Å². The van der Waals surface area contributed by atoms with Crippen molar-refractivity contribution in [2.45, 2.75) is 87.4 Å². The van der Waals surface area contributed by atoms with Gasteiger partial charge in [-0.05, 0) is 56.6 Å². The molecule has 4 N–H and O–H groups in total. The van der Waals surface area contributed by atoms with Gasteiger partial charge in [0.25, 0.3) is 12.3 Å². The zero-order valence-electron chi connectivity index (χ0n) is 36.3. The predicted octanol–water partition coefficient (Wildman–Crippen LogP) is 4.79. The number of anilines is 2. The number of aromatic nitrogens is 7. The lowest BCUT2D eigenvalue weighted by Crippen LogP contribution is -2.71. The van der Waals surface area contributed by atoms with Crippen LogP contribution < -0.4 is 21.3 Å². The Hall–Kier alpha value is -6.09. The minimum atomic E-state index is -4.88. The second-order valence-corrected chi connectivity index (χ2v) is 17.5. The lowest BCUT2D eigenvalue weighted by Gasteiger charge is -2.45. The summed E-state index contributed by atoms with van der Waals surface area (Å²) in [6, 6.07) is 6.60. The average molecular weight is 939 g/mol. The van der Waals surface area contributed by atoms with Gasteiger partial charge in [0.1, 0.15) is 24.2 Å². The Morgan fingerprint density at radius 3 is 2.66 bits per heavy atom. The van der Waals surface area contributed by atoms with Crippen LogP contribution in [0.2, 0.25) is 0 Å². The van der Waals surface area contributed by atoms with Crippen molar-refractivity contribution in [3.05, 3.63) is 65.4 Å². The first kappa shape index (κ1) is 46.0. The smallest absolute Gasteiger partial charge is 0.375 e. The second kappa shape index (κ2) is 18.5. The van der Waals surface area contributed by atoms with Gasteiger partial charge in [-0.15, -0.1) is 0 Å². The summed E-state index contributed by atoms with van der Waals surface area (Å²) in [6.07, 6.45) is -2.10. The third kappa shape index (κ3) is 9.18. The number of carbonyl (C=O) groups excluding carboxylic acids is 3. The van der Waals surface area contributed by atoms with Gasteiger partial charge in [-0.1, -0.05) is 24.0 Å². The Labute approximate surface area is 379 Å². The van der Waals surface area contributed by atoms with Gasteiger partial charge in [-0.2, -0.15) is 28.5 Å². The first-order valence-corrected chi connectivity index (χ1v) is 22.1. The van der Waals surface area contributed by atoms with Crippen LogP contribution >= 0.6 is 0 Å². The number of fused-ring (bicyclic) bond motifs is 2. The molecule has 4 atom stereocenters. The number of amides is 3. The van der Waals surface area contributed by atoms with Crippen molar-refractivity contribution in [2.24, 2.45) is 18.7 Å². The summed E-state index contributed by atoms with van der Waals surface area (Å²) < 4.78 is 101. The average Bonchev–Trinajstić information content (AvgIpc) is 4.01.